The van der Waals surface area contributed by atoms with Gasteiger partial charge < -0.3 is 15.6 Å². The van der Waals surface area contributed by atoms with E-state index in [4.69, 9.17) is 15.6 Å². The lowest BCUT2D eigenvalue weighted by atomic mass is 10.3. The first-order valence-electron chi connectivity index (χ1n) is 3.64. The number of halogens is 2. The van der Waals surface area contributed by atoms with Gasteiger partial charge >= 0.3 is 0 Å². The Morgan fingerprint density at radius 3 is 2.69 bits per heavy atom. The van der Waals surface area contributed by atoms with E-state index in [2.05, 4.69) is 0 Å². The number of aliphatic hydroxyl groups excluding tert-OH is 1. The van der Waals surface area contributed by atoms with Gasteiger partial charge in [-0.05, 0) is 12.1 Å². The van der Waals surface area contributed by atoms with Crippen molar-refractivity contribution in [3.8, 4) is 5.75 Å². The number of nitrogens with two attached hydrogens (primary N) is 1. The molecule has 13 heavy (non-hydrogen) atoms. The molecule has 0 heterocycles. The number of rotatable bonds is 3. The van der Waals surface area contributed by atoms with Crippen LogP contribution < -0.4 is 10.5 Å². The van der Waals surface area contributed by atoms with E-state index in [9.17, 15) is 8.78 Å². The Labute approximate surface area is 73.7 Å². The number of hydrogen-bond donors (Lipinski definition) is 2. The van der Waals surface area contributed by atoms with Crippen molar-refractivity contribution in [1.82, 2.24) is 0 Å². The summed E-state index contributed by atoms with van der Waals surface area (Å²) in [5.41, 5.74) is 5.32. The van der Waals surface area contributed by atoms with Crippen LogP contribution in [0.2, 0.25) is 0 Å². The van der Waals surface area contributed by atoms with Gasteiger partial charge in [-0.2, -0.15) is 4.39 Å². The highest BCUT2D eigenvalue weighted by Gasteiger charge is 2.12. The van der Waals surface area contributed by atoms with Gasteiger partial charge in [0.25, 0.3) is 0 Å². The van der Waals surface area contributed by atoms with Crippen LogP contribution in [-0.4, -0.2) is 18.3 Å². The Bertz CT molecular complexity index is 304. The number of nitrogen functional groups attached to an aromatic ring is 1. The maximum atomic E-state index is 12.9. The molecule has 1 aromatic carbocycles. The van der Waals surface area contributed by atoms with Crippen molar-refractivity contribution in [2.75, 3.05) is 18.9 Å². The lowest BCUT2D eigenvalue weighted by Gasteiger charge is -2.08. The fourth-order valence-electron chi connectivity index (χ4n) is 0.841. The molecule has 0 bridgehead atoms. The van der Waals surface area contributed by atoms with E-state index in [1.807, 2.05) is 0 Å². The molecule has 3 N–H and O–H groups in total. The first kappa shape index (κ1) is 9.73. The van der Waals surface area contributed by atoms with E-state index in [0.29, 0.717) is 0 Å². The first-order chi connectivity index (χ1) is 6.16. The summed E-state index contributed by atoms with van der Waals surface area (Å²) in [4.78, 5) is 0. The lowest BCUT2D eigenvalue weighted by molar-refractivity contribution is 0.196. The van der Waals surface area contributed by atoms with Gasteiger partial charge in [-0.3, -0.25) is 0 Å². The van der Waals surface area contributed by atoms with Gasteiger partial charge in [0.15, 0.2) is 11.6 Å². The molecule has 0 atom stereocenters. The minimum atomic E-state index is -1.13. The van der Waals surface area contributed by atoms with Crippen LogP contribution in [0.25, 0.3) is 0 Å². The van der Waals surface area contributed by atoms with E-state index in [1.54, 1.807) is 0 Å². The quantitative estimate of drug-likeness (QED) is 0.695. The van der Waals surface area contributed by atoms with Crippen molar-refractivity contribution in [1.29, 1.82) is 0 Å². The van der Waals surface area contributed by atoms with E-state index in [1.165, 1.54) is 6.07 Å². The molecule has 3 nitrogen and oxygen atoms in total. The van der Waals surface area contributed by atoms with Crippen LogP contribution in [0.4, 0.5) is 14.5 Å². The largest absolute Gasteiger partial charge is 0.486 e. The third kappa shape index (κ3) is 2.06. The summed E-state index contributed by atoms with van der Waals surface area (Å²) in [7, 11) is 0. The monoisotopic (exact) mass is 189 g/mol. The lowest BCUT2D eigenvalue weighted by Crippen LogP contribution is -2.06. The molecule has 1 aromatic rings. The van der Waals surface area contributed by atoms with Crippen LogP contribution in [0, 0.1) is 11.6 Å². The van der Waals surface area contributed by atoms with Crippen molar-refractivity contribution in [2.24, 2.45) is 0 Å². The second kappa shape index (κ2) is 4.04. The molecule has 72 valence electrons. The third-order valence-corrected chi connectivity index (χ3v) is 1.42. The van der Waals surface area contributed by atoms with Gasteiger partial charge in [0.1, 0.15) is 6.61 Å². The van der Waals surface area contributed by atoms with Crippen molar-refractivity contribution in [2.45, 2.75) is 0 Å². The fourth-order valence-corrected chi connectivity index (χ4v) is 0.841. The number of hydrogen-bond acceptors (Lipinski definition) is 3. The van der Waals surface area contributed by atoms with Crippen LogP contribution in [0.1, 0.15) is 0 Å². The zero-order valence-corrected chi connectivity index (χ0v) is 6.76. The number of benzene rings is 1. The van der Waals surface area contributed by atoms with Crippen molar-refractivity contribution < 1.29 is 18.6 Å². The summed E-state index contributed by atoms with van der Waals surface area (Å²) in [5, 5.41) is 8.40. The van der Waals surface area contributed by atoms with Crippen LogP contribution in [-0.2, 0) is 0 Å². The molecule has 0 aromatic heterocycles. The molecule has 5 heteroatoms. The van der Waals surface area contributed by atoms with Gasteiger partial charge in [-0.25, -0.2) is 4.39 Å². The number of aliphatic hydroxyl groups is 1. The molecule has 0 radical (unpaired) electrons. The minimum Gasteiger partial charge on any atom is -0.486 e. The van der Waals surface area contributed by atoms with Gasteiger partial charge in [-0.1, -0.05) is 0 Å². The minimum absolute atomic E-state index is 0.00681. The molecule has 0 spiro atoms. The molecule has 0 saturated heterocycles. The number of anilines is 1. The van der Waals surface area contributed by atoms with E-state index in [0.717, 1.165) is 6.07 Å². The first-order valence-corrected chi connectivity index (χ1v) is 3.64. The molecule has 0 unspecified atom stereocenters. The smallest absolute Gasteiger partial charge is 0.202 e. The summed E-state index contributed by atoms with van der Waals surface area (Å²) in [6, 6.07) is 2.11. The predicted octanol–water partition coefficient (Wildman–Crippen LogP) is 0.918. The average molecular weight is 189 g/mol. The Balaban J connectivity index is 2.96. The topological polar surface area (TPSA) is 55.5 Å². The molecular formula is C8H9F2NO2. The molecule has 0 saturated carbocycles. The zero-order chi connectivity index (χ0) is 9.84. The van der Waals surface area contributed by atoms with E-state index >= 15 is 0 Å². The maximum absolute atomic E-state index is 12.9. The van der Waals surface area contributed by atoms with Crippen LogP contribution in [0.3, 0.4) is 0 Å². The second-order valence-corrected chi connectivity index (χ2v) is 2.35. The van der Waals surface area contributed by atoms with Gasteiger partial charge in [0, 0.05) is 0 Å². The molecule has 1 rings (SSSR count). The molecule has 0 amide bonds. The SMILES string of the molecule is Nc1ccc(F)c(F)c1OCCO. The maximum Gasteiger partial charge on any atom is 0.202 e. The normalized spacial score (nSPS) is 10.1. The molecule has 0 aliphatic rings. The van der Waals surface area contributed by atoms with Crippen molar-refractivity contribution in [3.05, 3.63) is 23.8 Å². The Hall–Kier alpha value is -1.36. The highest BCUT2D eigenvalue weighted by Crippen LogP contribution is 2.26. The fraction of sp³-hybridized carbons (Fsp3) is 0.250. The Morgan fingerprint density at radius 2 is 2.08 bits per heavy atom. The molecule has 0 aliphatic heterocycles. The van der Waals surface area contributed by atoms with E-state index < -0.39 is 11.6 Å². The number of ether oxygens (including phenoxy) is 1. The highest BCUT2D eigenvalue weighted by molar-refractivity contribution is 5.53. The van der Waals surface area contributed by atoms with Crippen molar-refractivity contribution in [3.63, 3.8) is 0 Å². The summed E-state index contributed by atoms with van der Waals surface area (Å²) in [6.45, 7) is -0.403. The molecular weight excluding hydrogens is 180 g/mol. The Morgan fingerprint density at radius 1 is 1.38 bits per heavy atom. The average Bonchev–Trinajstić information content (AvgIpc) is 2.12. The standard InChI is InChI=1S/C8H9F2NO2/c9-5-1-2-6(11)8(7(5)10)13-4-3-12/h1-2,12H,3-4,11H2. The molecule has 0 aliphatic carbocycles. The Kier molecular flexibility index (Phi) is 3.02. The van der Waals surface area contributed by atoms with Crippen molar-refractivity contribution >= 4 is 5.69 Å². The highest BCUT2D eigenvalue weighted by atomic mass is 19.2. The third-order valence-electron chi connectivity index (χ3n) is 1.42. The summed E-state index contributed by atoms with van der Waals surface area (Å²) in [5.74, 6) is -2.51. The second-order valence-electron chi connectivity index (χ2n) is 2.35. The van der Waals surface area contributed by atoms with Crippen LogP contribution in [0.5, 0.6) is 5.75 Å². The van der Waals surface area contributed by atoms with Gasteiger partial charge in [0.05, 0.1) is 12.3 Å². The zero-order valence-electron chi connectivity index (χ0n) is 6.76. The summed E-state index contributed by atoms with van der Waals surface area (Å²) >= 11 is 0. The predicted molar refractivity (Wildman–Crippen MR) is 43.4 cm³/mol. The summed E-state index contributed by atoms with van der Waals surface area (Å²) in [6.07, 6.45) is 0. The molecule has 0 fully saturated rings. The van der Waals surface area contributed by atoms with Crippen LogP contribution in [0.15, 0.2) is 12.1 Å². The van der Waals surface area contributed by atoms with Gasteiger partial charge in [-0.15, -0.1) is 0 Å². The van der Waals surface area contributed by atoms with Gasteiger partial charge in [0.2, 0.25) is 5.82 Å². The van der Waals surface area contributed by atoms with Crippen LogP contribution >= 0.6 is 0 Å². The summed E-state index contributed by atoms with van der Waals surface area (Å²) < 4.78 is 30.2. The van der Waals surface area contributed by atoms with E-state index in [-0.39, 0.29) is 24.7 Å².